The van der Waals surface area contributed by atoms with Crippen molar-refractivity contribution in [2.24, 2.45) is 0 Å². The van der Waals surface area contributed by atoms with Crippen molar-refractivity contribution in [1.29, 1.82) is 0 Å². The van der Waals surface area contributed by atoms with E-state index < -0.39 is 10.0 Å². The molecule has 176 valence electrons. The van der Waals surface area contributed by atoms with E-state index in [1.807, 2.05) is 0 Å². The number of piperazine rings is 1. The largest absolute Gasteiger partial charge is 0.340 e. The molecular weight excluding hydrogens is 460 g/mol. The first-order chi connectivity index (χ1) is 15.8. The minimum absolute atomic E-state index is 0.0555. The zero-order valence-electron chi connectivity index (χ0n) is 18.7. The second-order valence-electron chi connectivity index (χ2n) is 8.21. The molecule has 2 aliphatic rings. The number of thiazole rings is 1. The molecule has 0 saturated carbocycles. The number of nitrogens with zero attached hydrogens (tertiary/aromatic N) is 4. The van der Waals surface area contributed by atoms with Gasteiger partial charge in [-0.15, -0.1) is 17.9 Å². The second kappa shape index (κ2) is 9.74. The third-order valence-corrected chi connectivity index (χ3v) is 9.14. The van der Waals surface area contributed by atoms with Crippen molar-refractivity contribution in [3.8, 4) is 0 Å². The summed E-state index contributed by atoms with van der Waals surface area (Å²) < 4.78 is 27.4. The van der Waals surface area contributed by atoms with Gasteiger partial charge in [-0.05, 0) is 49.9 Å². The Morgan fingerprint density at radius 3 is 2.39 bits per heavy atom. The van der Waals surface area contributed by atoms with Gasteiger partial charge < -0.3 is 4.90 Å². The Bertz CT molecular complexity index is 1130. The van der Waals surface area contributed by atoms with Crippen molar-refractivity contribution >= 4 is 38.3 Å². The SMILES string of the molecule is C=CCN(C(=O)c1ccc(S(=O)(=O)N2CCN(C(C)=O)CC2)cc1)c1nc2c(s1)CCCC2. The lowest BCUT2D eigenvalue weighted by Gasteiger charge is -2.33. The predicted molar refractivity (Wildman–Crippen MR) is 128 cm³/mol. The number of carbonyl (C=O) groups is 2. The van der Waals surface area contributed by atoms with Crippen LogP contribution in [0.15, 0.2) is 41.8 Å². The third-order valence-electron chi connectivity index (χ3n) is 6.05. The highest BCUT2D eigenvalue weighted by atomic mass is 32.2. The molecule has 0 radical (unpaired) electrons. The van der Waals surface area contributed by atoms with Gasteiger partial charge >= 0.3 is 0 Å². The van der Waals surface area contributed by atoms with Crippen LogP contribution in [0.4, 0.5) is 5.13 Å². The molecule has 10 heteroatoms. The maximum Gasteiger partial charge on any atom is 0.260 e. The standard InChI is InChI=1S/C23H28N4O4S2/c1-3-12-27(23-24-20-6-4-5-7-21(20)32-23)22(29)18-8-10-19(11-9-18)33(30,31)26-15-13-25(14-16-26)17(2)28/h3,8-11H,1,4-7,12-16H2,2H3. The van der Waals surface area contributed by atoms with E-state index in [2.05, 4.69) is 6.58 Å². The van der Waals surface area contributed by atoms with Gasteiger partial charge in [0.2, 0.25) is 15.9 Å². The molecule has 1 aromatic heterocycles. The molecule has 1 saturated heterocycles. The number of hydrogen-bond acceptors (Lipinski definition) is 6. The molecule has 0 spiro atoms. The molecule has 0 bridgehead atoms. The van der Waals surface area contributed by atoms with Gasteiger partial charge in [-0.3, -0.25) is 14.5 Å². The van der Waals surface area contributed by atoms with Gasteiger partial charge in [0, 0.05) is 50.1 Å². The molecule has 0 atom stereocenters. The van der Waals surface area contributed by atoms with Gasteiger partial charge in [0.05, 0.1) is 10.6 Å². The minimum atomic E-state index is -3.69. The average molecular weight is 489 g/mol. The minimum Gasteiger partial charge on any atom is -0.340 e. The topological polar surface area (TPSA) is 90.9 Å². The van der Waals surface area contributed by atoms with E-state index in [0.717, 1.165) is 31.4 Å². The molecule has 33 heavy (non-hydrogen) atoms. The predicted octanol–water partition coefficient (Wildman–Crippen LogP) is 2.71. The summed E-state index contributed by atoms with van der Waals surface area (Å²) in [7, 11) is -3.69. The highest BCUT2D eigenvalue weighted by Crippen LogP contribution is 2.32. The van der Waals surface area contributed by atoms with Crippen LogP contribution < -0.4 is 4.90 Å². The van der Waals surface area contributed by atoms with E-state index in [-0.39, 0.29) is 29.8 Å². The number of benzene rings is 1. The van der Waals surface area contributed by atoms with E-state index in [9.17, 15) is 18.0 Å². The Hall–Kier alpha value is -2.56. The van der Waals surface area contributed by atoms with Crippen LogP contribution in [0.3, 0.4) is 0 Å². The van der Waals surface area contributed by atoms with Crippen LogP contribution in [0, 0.1) is 0 Å². The molecule has 4 rings (SSSR count). The number of carbonyl (C=O) groups excluding carboxylic acids is 2. The monoisotopic (exact) mass is 488 g/mol. The fourth-order valence-corrected chi connectivity index (χ4v) is 6.73. The normalized spacial score (nSPS) is 16.8. The lowest BCUT2D eigenvalue weighted by atomic mass is 10.0. The van der Waals surface area contributed by atoms with Crippen molar-refractivity contribution in [3.63, 3.8) is 0 Å². The van der Waals surface area contributed by atoms with Gasteiger partial charge in [0.1, 0.15) is 0 Å². The summed E-state index contributed by atoms with van der Waals surface area (Å²) in [5, 5.41) is 0.659. The van der Waals surface area contributed by atoms with Gasteiger partial charge in [-0.25, -0.2) is 13.4 Å². The van der Waals surface area contributed by atoms with Gasteiger partial charge in [0.15, 0.2) is 5.13 Å². The maximum absolute atomic E-state index is 13.3. The quantitative estimate of drug-likeness (QED) is 0.583. The second-order valence-corrected chi connectivity index (χ2v) is 11.2. The molecule has 0 unspecified atom stereocenters. The molecule has 1 aliphatic carbocycles. The van der Waals surface area contributed by atoms with E-state index in [0.29, 0.717) is 30.3 Å². The van der Waals surface area contributed by atoms with Crippen molar-refractivity contribution in [2.75, 3.05) is 37.6 Å². The smallest absolute Gasteiger partial charge is 0.260 e. The molecule has 2 aromatic rings. The van der Waals surface area contributed by atoms with E-state index >= 15 is 0 Å². The molecule has 8 nitrogen and oxygen atoms in total. The Morgan fingerprint density at radius 2 is 1.79 bits per heavy atom. The van der Waals surface area contributed by atoms with Crippen LogP contribution in [0.2, 0.25) is 0 Å². The highest BCUT2D eigenvalue weighted by molar-refractivity contribution is 7.89. The van der Waals surface area contributed by atoms with Crippen LogP contribution in [-0.4, -0.2) is 67.1 Å². The number of amides is 2. The molecule has 2 amide bonds. The maximum atomic E-state index is 13.3. The van der Waals surface area contributed by atoms with Crippen LogP contribution >= 0.6 is 11.3 Å². The van der Waals surface area contributed by atoms with Crippen molar-refractivity contribution in [1.82, 2.24) is 14.2 Å². The summed E-state index contributed by atoms with van der Waals surface area (Å²) in [6.07, 6.45) is 5.86. The summed E-state index contributed by atoms with van der Waals surface area (Å²) in [6.45, 7) is 6.84. The number of sulfonamides is 1. The van der Waals surface area contributed by atoms with Gasteiger partial charge in [-0.2, -0.15) is 4.31 Å². The Kier molecular flexibility index (Phi) is 6.96. The molecule has 1 aliphatic heterocycles. The fraction of sp³-hybridized carbons (Fsp3) is 0.435. The molecule has 1 aromatic carbocycles. The Balaban J connectivity index is 1.51. The van der Waals surface area contributed by atoms with Crippen molar-refractivity contribution < 1.29 is 18.0 Å². The highest BCUT2D eigenvalue weighted by Gasteiger charge is 2.30. The summed E-state index contributed by atoms with van der Waals surface area (Å²) in [4.78, 5) is 34.1. The van der Waals surface area contributed by atoms with Gasteiger partial charge in [0.25, 0.3) is 5.91 Å². The summed E-state index contributed by atoms with van der Waals surface area (Å²) >= 11 is 1.55. The van der Waals surface area contributed by atoms with Crippen LogP contribution in [0.25, 0.3) is 0 Å². The lowest BCUT2D eigenvalue weighted by molar-refractivity contribution is -0.129. The summed E-state index contributed by atoms with van der Waals surface area (Å²) in [5.41, 5.74) is 1.47. The zero-order valence-corrected chi connectivity index (χ0v) is 20.3. The fourth-order valence-electron chi connectivity index (χ4n) is 4.15. The van der Waals surface area contributed by atoms with Crippen LogP contribution in [-0.2, 0) is 27.7 Å². The molecule has 1 fully saturated rings. The third kappa shape index (κ3) is 4.87. The van der Waals surface area contributed by atoms with E-state index in [4.69, 9.17) is 4.98 Å². The van der Waals surface area contributed by atoms with E-state index in [1.165, 1.54) is 28.2 Å². The lowest BCUT2D eigenvalue weighted by Crippen LogP contribution is -2.49. The van der Waals surface area contributed by atoms with Gasteiger partial charge in [-0.1, -0.05) is 6.08 Å². The zero-order chi connectivity index (χ0) is 23.6. The summed E-state index contributed by atoms with van der Waals surface area (Å²) in [5.74, 6) is -0.292. The molecular formula is C23H28N4O4S2. The molecule has 2 heterocycles. The first-order valence-corrected chi connectivity index (χ1v) is 13.3. The van der Waals surface area contributed by atoms with Crippen LogP contribution in [0.5, 0.6) is 0 Å². The average Bonchev–Trinajstić information content (AvgIpc) is 3.26. The number of aromatic nitrogens is 1. The number of anilines is 1. The number of rotatable bonds is 6. The number of hydrogen-bond donors (Lipinski definition) is 0. The van der Waals surface area contributed by atoms with Crippen molar-refractivity contribution in [3.05, 3.63) is 53.1 Å². The number of fused-ring (bicyclic) bond motifs is 1. The van der Waals surface area contributed by atoms with E-state index in [1.54, 1.807) is 39.3 Å². The van der Waals surface area contributed by atoms with Crippen LogP contribution in [0.1, 0.15) is 40.7 Å². The first kappa shape index (κ1) is 23.6. The first-order valence-electron chi connectivity index (χ1n) is 11.1. The molecule has 0 N–H and O–H groups in total. The summed E-state index contributed by atoms with van der Waals surface area (Å²) in [6, 6.07) is 6.03. The Morgan fingerprint density at radius 1 is 1.12 bits per heavy atom. The van der Waals surface area contributed by atoms with Crippen molar-refractivity contribution in [2.45, 2.75) is 37.5 Å². The number of aryl methyl sites for hydroxylation is 2. The Labute approximate surface area is 198 Å².